The summed E-state index contributed by atoms with van der Waals surface area (Å²) >= 11 is 0. The van der Waals surface area contributed by atoms with Crippen molar-refractivity contribution in [2.45, 2.75) is 0 Å². The maximum atomic E-state index is 13.0. The molecule has 0 fully saturated rings. The molecule has 0 aliphatic rings. The van der Waals surface area contributed by atoms with E-state index in [1.165, 1.54) is 42.5 Å². The summed E-state index contributed by atoms with van der Waals surface area (Å²) < 4.78 is 17.7. The first kappa shape index (κ1) is 17.8. The highest BCUT2D eigenvalue weighted by molar-refractivity contribution is 5.94. The molecule has 2 aromatic rings. The predicted molar refractivity (Wildman–Crippen MR) is 88.1 cm³/mol. The van der Waals surface area contributed by atoms with Crippen LogP contribution in [-0.2, 0) is 14.3 Å². The van der Waals surface area contributed by atoms with E-state index in [1.807, 2.05) is 0 Å². The minimum absolute atomic E-state index is 0.157. The molecule has 0 radical (unpaired) electrons. The summed E-state index contributed by atoms with van der Waals surface area (Å²) in [6, 6.07) is 11.1. The van der Waals surface area contributed by atoms with Crippen LogP contribution in [-0.4, -0.2) is 23.4 Å². The monoisotopic (exact) mass is 344 g/mol. The molecule has 0 bridgehead atoms. The normalized spacial score (nSPS) is 10.4. The molecule has 7 nitrogen and oxygen atoms in total. The number of benzene rings is 2. The van der Waals surface area contributed by atoms with Crippen LogP contribution in [0.15, 0.2) is 54.6 Å². The molecule has 25 heavy (non-hydrogen) atoms. The van der Waals surface area contributed by atoms with Crippen LogP contribution in [0.1, 0.15) is 5.56 Å². The zero-order chi connectivity index (χ0) is 18.2. The quantitative estimate of drug-likeness (QED) is 0.376. The molecule has 0 heterocycles. The Kier molecular flexibility index (Phi) is 5.94. The summed E-state index contributed by atoms with van der Waals surface area (Å²) in [6.07, 6.45) is 2.21. The molecule has 0 aliphatic carbocycles. The van der Waals surface area contributed by atoms with Gasteiger partial charge in [0.15, 0.2) is 6.61 Å². The third-order valence-electron chi connectivity index (χ3n) is 2.99. The van der Waals surface area contributed by atoms with E-state index in [2.05, 4.69) is 5.32 Å². The van der Waals surface area contributed by atoms with Gasteiger partial charge < -0.3 is 10.1 Å². The van der Waals surface area contributed by atoms with E-state index in [4.69, 9.17) is 4.74 Å². The number of hydrogen-bond donors (Lipinski definition) is 1. The smallest absolute Gasteiger partial charge is 0.331 e. The van der Waals surface area contributed by atoms with Crippen LogP contribution in [0.5, 0.6) is 0 Å². The molecule has 0 aliphatic heterocycles. The van der Waals surface area contributed by atoms with Crippen LogP contribution < -0.4 is 5.32 Å². The van der Waals surface area contributed by atoms with Crippen LogP contribution in [0.3, 0.4) is 0 Å². The number of para-hydroxylation sites is 1. The standard InChI is InChI=1S/C17H13FN2O5/c18-13-5-3-6-14(10-13)19-16(21)11-25-17(22)9-8-12-4-1-2-7-15(12)20(23)24/h1-10H,11H2,(H,19,21)/b9-8+. The second-order valence-electron chi connectivity index (χ2n) is 4.82. The third kappa shape index (κ3) is 5.54. The molecule has 1 N–H and O–H groups in total. The van der Waals surface area contributed by atoms with Crippen molar-refractivity contribution < 1.29 is 23.6 Å². The Bertz CT molecular complexity index is 835. The zero-order valence-corrected chi connectivity index (χ0v) is 12.8. The fourth-order valence-corrected chi connectivity index (χ4v) is 1.90. The first-order valence-electron chi connectivity index (χ1n) is 7.09. The predicted octanol–water partition coefficient (Wildman–Crippen LogP) is 2.93. The lowest BCUT2D eigenvalue weighted by Gasteiger charge is -2.05. The Labute approximate surface area is 141 Å². The van der Waals surface area contributed by atoms with E-state index in [1.54, 1.807) is 6.07 Å². The van der Waals surface area contributed by atoms with E-state index >= 15 is 0 Å². The second kappa shape index (κ2) is 8.34. The average molecular weight is 344 g/mol. The van der Waals surface area contributed by atoms with Crippen LogP contribution in [0.2, 0.25) is 0 Å². The Balaban J connectivity index is 1.88. The topological polar surface area (TPSA) is 98.5 Å². The lowest BCUT2D eigenvalue weighted by molar-refractivity contribution is -0.385. The molecule has 8 heteroatoms. The largest absolute Gasteiger partial charge is 0.452 e. The molecular weight excluding hydrogens is 331 g/mol. The molecule has 0 aromatic heterocycles. The van der Waals surface area contributed by atoms with Crippen LogP contribution >= 0.6 is 0 Å². The molecule has 0 spiro atoms. The lowest BCUT2D eigenvalue weighted by atomic mass is 10.1. The number of esters is 1. The third-order valence-corrected chi connectivity index (χ3v) is 2.99. The molecule has 0 saturated carbocycles. The summed E-state index contributed by atoms with van der Waals surface area (Å²) in [4.78, 5) is 33.5. The van der Waals surface area contributed by atoms with Gasteiger partial charge in [-0.3, -0.25) is 14.9 Å². The lowest BCUT2D eigenvalue weighted by Crippen LogP contribution is -2.20. The van der Waals surface area contributed by atoms with E-state index in [9.17, 15) is 24.1 Å². The van der Waals surface area contributed by atoms with Crippen molar-refractivity contribution in [3.63, 3.8) is 0 Å². The number of halogens is 1. The first-order chi connectivity index (χ1) is 12.0. The molecule has 0 atom stereocenters. The summed E-state index contributed by atoms with van der Waals surface area (Å²) in [7, 11) is 0. The van der Waals surface area contributed by atoms with Gasteiger partial charge in [0.05, 0.1) is 10.5 Å². The molecule has 1 amide bonds. The molecule has 128 valence electrons. The Morgan fingerprint density at radius 3 is 2.68 bits per heavy atom. The van der Waals surface area contributed by atoms with Gasteiger partial charge in [-0.15, -0.1) is 0 Å². The number of carbonyl (C=O) groups is 2. The molecule has 0 unspecified atom stereocenters. The van der Waals surface area contributed by atoms with Crippen molar-refractivity contribution in [2.24, 2.45) is 0 Å². The van der Waals surface area contributed by atoms with E-state index in [0.29, 0.717) is 0 Å². The second-order valence-corrected chi connectivity index (χ2v) is 4.82. The van der Waals surface area contributed by atoms with Crippen LogP contribution in [0.4, 0.5) is 15.8 Å². The number of hydrogen-bond acceptors (Lipinski definition) is 5. The Hall–Kier alpha value is -3.55. The fraction of sp³-hybridized carbons (Fsp3) is 0.0588. The Morgan fingerprint density at radius 2 is 1.96 bits per heavy atom. The van der Waals surface area contributed by atoms with Crippen molar-refractivity contribution in [1.82, 2.24) is 0 Å². The van der Waals surface area contributed by atoms with Crippen LogP contribution in [0.25, 0.3) is 6.08 Å². The van der Waals surface area contributed by atoms with Gasteiger partial charge >= 0.3 is 5.97 Å². The van der Waals surface area contributed by atoms with Crippen LogP contribution in [0, 0.1) is 15.9 Å². The molecular formula is C17H13FN2O5. The highest BCUT2D eigenvalue weighted by Crippen LogP contribution is 2.18. The van der Waals surface area contributed by atoms with Gasteiger partial charge in [0.25, 0.3) is 11.6 Å². The SMILES string of the molecule is O=C(COC(=O)/C=C/c1ccccc1[N+](=O)[O-])Nc1cccc(F)c1. The summed E-state index contributed by atoms with van der Waals surface area (Å²) in [5.41, 5.74) is 0.306. The number of nitro benzene ring substituents is 1. The molecule has 0 saturated heterocycles. The van der Waals surface area contributed by atoms with Crippen molar-refractivity contribution in [3.05, 3.63) is 76.1 Å². The summed E-state index contributed by atoms with van der Waals surface area (Å²) in [6.45, 7) is -0.573. The minimum Gasteiger partial charge on any atom is -0.452 e. The maximum Gasteiger partial charge on any atom is 0.331 e. The van der Waals surface area contributed by atoms with E-state index in [0.717, 1.165) is 12.1 Å². The minimum atomic E-state index is -0.840. The summed E-state index contributed by atoms with van der Waals surface area (Å²) in [5, 5.41) is 13.2. The highest BCUT2D eigenvalue weighted by Gasteiger charge is 2.10. The van der Waals surface area contributed by atoms with Gasteiger partial charge in [-0.1, -0.05) is 18.2 Å². The number of amides is 1. The Morgan fingerprint density at radius 1 is 1.20 bits per heavy atom. The average Bonchev–Trinajstić information content (AvgIpc) is 2.58. The number of nitrogens with one attached hydrogen (secondary N) is 1. The molecule has 2 aromatic carbocycles. The first-order valence-corrected chi connectivity index (χ1v) is 7.09. The van der Waals surface area contributed by atoms with E-state index in [-0.39, 0.29) is 16.9 Å². The maximum absolute atomic E-state index is 13.0. The van der Waals surface area contributed by atoms with Crippen molar-refractivity contribution in [1.29, 1.82) is 0 Å². The zero-order valence-electron chi connectivity index (χ0n) is 12.8. The number of nitrogens with zero attached hydrogens (tertiary/aromatic N) is 1. The van der Waals surface area contributed by atoms with Gasteiger partial charge in [-0.05, 0) is 30.3 Å². The fourth-order valence-electron chi connectivity index (χ4n) is 1.90. The van der Waals surface area contributed by atoms with Crippen molar-refractivity contribution in [2.75, 3.05) is 11.9 Å². The van der Waals surface area contributed by atoms with Crippen molar-refractivity contribution in [3.8, 4) is 0 Å². The number of anilines is 1. The molecule has 2 rings (SSSR count). The van der Waals surface area contributed by atoms with Gasteiger partial charge in [0, 0.05) is 17.8 Å². The number of carbonyl (C=O) groups excluding carboxylic acids is 2. The van der Waals surface area contributed by atoms with Gasteiger partial charge in [0.2, 0.25) is 0 Å². The van der Waals surface area contributed by atoms with Crippen molar-refractivity contribution >= 4 is 29.3 Å². The summed E-state index contributed by atoms with van der Waals surface area (Å²) in [5.74, 6) is -1.99. The highest BCUT2D eigenvalue weighted by atomic mass is 19.1. The van der Waals surface area contributed by atoms with Gasteiger partial charge in [-0.2, -0.15) is 0 Å². The van der Waals surface area contributed by atoms with Gasteiger partial charge in [0.1, 0.15) is 5.82 Å². The number of rotatable bonds is 6. The number of ether oxygens (including phenoxy) is 1. The number of nitro groups is 1. The van der Waals surface area contributed by atoms with E-state index < -0.39 is 29.2 Å². The van der Waals surface area contributed by atoms with Gasteiger partial charge in [-0.25, -0.2) is 9.18 Å².